The lowest BCUT2D eigenvalue weighted by Gasteiger charge is -2.04. The molecule has 2 aromatic heterocycles. The highest BCUT2D eigenvalue weighted by molar-refractivity contribution is 6.27. The zero-order chi connectivity index (χ0) is 16.3. The molecule has 0 N–H and O–H groups in total. The van der Waals surface area contributed by atoms with Gasteiger partial charge in [-0.25, -0.2) is 0 Å². The largest absolute Gasteiger partial charge is 0.456 e. The summed E-state index contributed by atoms with van der Waals surface area (Å²) >= 11 is 0. The van der Waals surface area contributed by atoms with Gasteiger partial charge in [-0.3, -0.25) is 0 Å². The zero-order valence-corrected chi connectivity index (χ0v) is 14.0. The summed E-state index contributed by atoms with van der Waals surface area (Å²) in [7, 11) is 2.18. The summed E-state index contributed by atoms with van der Waals surface area (Å²) in [6, 6.07) is 19.3. The van der Waals surface area contributed by atoms with Crippen LogP contribution in [0.4, 0.5) is 0 Å². The SMILES string of the molecule is CCCc1cccc2c3c4c(ccc3n(C)c12)oc1ccccc14. The van der Waals surface area contributed by atoms with Crippen LogP contribution >= 0.6 is 0 Å². The number of nitrogens with zero attached hydrogens (tertiary/aromatic N) is 1. The molecule has 118 valence electrons. The first kappa shape index (κ1) is 13.7. The average molecular weight is 313 g/mol. The van der Waals surface area contributed by atoms with Crippen LogP contribution in [0.1, 0.15) is 18.9 Å². The van der Waals surface area contributed by atoms with Gasteiger partial charge in [-0.2, -0.15) is 0 Å². The van der Waals surface area contributed by atoms with E-state index in [2.05, 4.69) is 67.1 Å². The molecule has 0 bridgehead atoms. The lowest BCUT2D eigenvalue weighted by Crippen LogP contribution is -1.92. The third-order valence-electron chi connectivity index (χ3n) is 5.13. The number of aryl methyl sites for hydroxylation is 2. The highest BCUT2D eigenvalue weighted by Crippen LogP contribution is 2.40. The van der Waals surface area contributed by atoms with E-state index in [0.29, 0.717) is 0 Å². The van der Waals surface area contributed by atoms with Gasteiger partial charge < -0.3 is 8.98 Å². The van der Waals surface area contributed by atoms with E-state index in [0.717, 1.165) is 24.0 Å². The monoisotopic (exact) mass is 313 g/mol. The summed E-state index contributed by atoms with van der Waals surface area (Å²) in [4.78, 5) is 0. The standard InChI is InChI=1S/C22H19NO/c1-3-7-14-8-6-10-16-20-17(23(2)22(14)16)12-13-19-21(20)15-9-4-5-11-18(15)24-19/h4-6,8-13H,3,7H2,1-2H3. The molecule has 3 aromatic carbocycles. The smallest absolute Gasteiger partial charge is 0.136 e. The van der Waals surface area contributed by atoms with E-state index in [9.17, 15) is 0 Å². The summed E-state index contributed by atoms with van der Waals surface area (Å²) in [6.07, 6.45) is 2.27. The second-order valence-electron chi connectivity index (χ2n) is 6.55. The van der Waals surface area contributed by atoms with Crippen molar-refractivity contribution in [3.05, 3.63) is 60.2 Å². The van der Waals surface area contributed by atoms with Crippen molar-refractivity contribution in [2.75, 3.05) is 0 Å². The highest BCUT2D eigenvalue weighted by Gasteiger charge is 2.17. The van der Waals surface area contributed by atoms with Crippen molar-refractivity contribution in [2.24, 2.45) is 7.05 Å². The Hall–Kier alpha value is -2.74. The molecule has 5 rings (SSSR count). The molecule has 0 unspecified atom stereocenters. The fourth-order valence-electron chi connectivity index (χ4n) is 4.14. The summed E-state index contributed by atoms with van der Waals surface area (Å²) in [5.41, 5.74) is 5.98. The van der Waals surface area contributed by atoms with Crippen molar-refractivity contribution in [1.29, 1.82) is 0 Å². The molecule has 0 atom stereocenters. The number of rotatable bonds is 2. The Bertz CT molecular complexity index is 1220. The Kier molecular flexibility index (Phi) is 2.78. The molecule has 0 fully saturated rings. The van der Waals surface area contributed by atoms with E-state index in [1.165, 1.54) is 38.1 Å². The minimum atomic E-state index is 0.960. The van der Waals surface area contributed by atoms with Gasteiger partial charge >= 0.3 is 0 Å². The molecule has 2 heterocycles. The van der Waals surface area contributed by atoms with Crippen LogP contribution in [-0.2, 0) is 13.5 Å². The maximum absolute atomic E-state index is 6.09. The lowest BCUT2D eigenvalue weighted by molar-refractivity contribution is 0.669. The van der Waals surface area contributed by atoms with Crippen molar-refractivity contribution < 1.29 is 4.42 Å². The molecule has 0 saturated carbocycles. The maximum Gasteiger partial charge on any atom is 0.136 e. The summed E-state index contributed by atoms with van der Waals surface area (Å²) in [6.45, 7) is 2.24. The first-order chi connectivity index (χ1) is 11.8. The van der Waals surface area contributed by atoms with Gasteiger partial charge in [-0.1, -0.05) is 49.7 Å². The van der Waals surface area contributed by atoms with Gasteiger partial charge in [0.1, 0.15) is 11.2 Å². The van der Waals surface area contributed by atoms with E-state index in [1.54, 1.807) is 0 Å². The predicted octanol–water partition coefficient (Wildman–Crippen LogP) is 6.18. The van der Waals surface area contributed by atoms with Crippen LogP contribution in [0, 0.1) is 0 Å². The van der Waals surface area contributed by atoms with E-state index in [1.807, 2.05) is 6.07 Å². The Morgan fingerprint density at radius 2 is 1.67 bits per heavy atom. The van der Waals surface area contributed by atoms with Gasteiger partial charge in [0.25, 0.3) is 0 Å². The van der Waals surface area contributed by atoms with Gasteiger partial charge in [-0.05, 0) is 30.2 Å². The van der Waals surface area contributed by atoms with Crippen molar-refractivity contribution in [1.82, 2.24) is 4.57 Å². The molecular formula is C22H19NO. The lowest BCUT2D eigenvalue weighted by atomic mass is 10.0. The van der Waals surface area contributed by atoms with E-state index < -0.39 is 0 Å². The first-order valence-electron chi connectivity index (χ1n) is 8.60. The van der Waals surface area contributed by atoms with Crippen LogP contribution in [0.3, 0.4) is 0 Å². The fraction of sp³-hybridized carbons (Fsp3) is 0.182. The minimum Gasteiger partial charge on any atom is -0.456 e. The number of hydrogen-bond donors (Lipinski definition) is 0. The number of benzene rings is 3. The number of aromatic nitrogens is 1. The van der Waals surface area contributed by atoms with Crippen molar-refractivity contribution in [2.45, 2.75) is 19.8 Å². The second kappa shape index (κ2) is 4.88. The molecule has 2 nitrogen and oxygen atoms in total. The van der Waals surface area contributed by atoms with Crippen LogP contribution in [0.2, 0.25) is 0 Å². The predicted molar refractivity (Wildman–Crippen MR) is 102 cm³/mol. The molecule has 0 radical (unpaired) electrons. The number of furan rings is 1. The maximum atomic E-state index is 6.09. The van der Waals surface area contributed by atoms with Crippen LogP contribution in [0.5, 0.6) is 0 Å². The van der Waals surface area contributed by atoms with Crippen LogP contribution in [0.25, 0.3) is 43.7 Å². The van der Waals surface area contributed by atoms with Gasteiger partial charge in [-0.15, -0.1) is 0 Å². The molecule has 5 aromatic rings. The van der Waals surface area contributed by atoms with Crippen molar-refractivity contribution >= 4 is 43.7 Å². The second-order valence-corrected chi connectivity index (χ2v) is 6.55. The first-order valence-corrected chi connectivity index (χ1v) is 8.60. The quantitative estimate of drug-likeness (QED) is 0.380. The molecule has 0 spiro atoms. The van der Waals surface area contributed by atoms with Gasteiger partial charge in [0, 0.05) is 34.1 Å². The fourth-order valence-corrected chi connectivity index (χ4v) is 4.14. The molecule has 0 aliphatic rings. The van der Waals surface area contributed by atoms with Crippen LogP contribution in [0.15, 0.2) is 59.0 Å². The van der Waals surface area contributed by atoms with Crippen molar-refractivity contribution in [3.8, 4) is 0 Å². The summed E-state index contributed by atoms with van der Waals surface area (Å²) < 4.78 is 8.43. The van der Waals surface area contributed by atoms with Gasteiger partial charge in [0.2, 0.25) is 0 Å². The number of hydrogen-bond acceptors (Lipinski definition) is 1. The van der Waals surface area contributed by atoms with Crippen LogP contribution < -0.4 is 0 Å². The Balaban J connectivity index is 2.08. The molecule has 24 heavy (non-hydrogen) atoms. The Morgan fingerprint density at radius 3 is 2.54 bits per heavy atom. The van der Waals surface area contributed by atoms with Gasteiger partial charge in [0.15, 0.2) is 0 Å². The van der Waals surface area contributed by atoms with Crippen molar-refractivity contribution in [3.63, 3.8) is 0 Å². The Morgan fingerprint density at radius 1 is 0.833 bits per heavy atom. The zero-order valence-electron chi connectivity index (χ0n) is 14.0. The van der Waals surface area contributed by atoms with E-state index in [-0.39, 0.29) is 0 Å². The van der Waals surface area contributed by atoms with E-state index >= 15 is 0 Å². The number of fused-ring (bicyclic) bond motifs is 7. The molecular weight excluding hydrogens is 294 g/mol. The minimum absolute atomic E-state index is 0.960. The third kappa shape index (κ3) is 1.66. The number of para-hydroxylation sites is 2. The summed E-state index contributed by atoms with van der Waals surface area (Å²) in [5.74, 6) is 0. The van der Waals surface area contributed by atoms with Crippen LogP contribution in [-0.4, -0.2) is 4.57 Å². The molecule has 0 saturated heterocycles. The normalized spacial score (nSPS) is 12.1. The summed E-state index contributed by atoms with van der Waals surface area (Å²) in [5, 5.41) is 5.08. The average Bonchev–Trinajstić information content (AvgIpc) is 3.12. The molecule has 0 amide bonds. The highest BCUT2D eigenvalue weighted by atomic mass is 16.3. The Labute approximate surface area is 140 Å². The third-order valence-corrected chi connectivity index (χ3v) is 5.13. The molecule has 0 aliphatic heterocycles. The molecule has 0 aliphatic carbocycles. The topological polar surface area (TPSA) is 18.1 Å². The van der Waals surface area contributed by atoms with Gasteiger partial charge in [0.05, 0.1) is 5.52 Å². The molecule has 2 heteroatoms. The van der Waals surface area contributed by atoms with E-state index in [4.69, 9.17) is 4.42 Å².